The molecule has 1 N–H and O–H groups in total. The third kappa shape index (κ3) is 2.78. The summed E-state index contributed by atoms with van der Waals surface area (Å²) in [5.41, 5.74) is 2.90. The molecule has 0 aromatic heterocycles. The predicted molar refractivity (Wildman–Crippen MR) is 72.8 cm³/mol. The van der Waals surface area contributed by atoms with Crippen LogP contribution in [0.4, 0.5) is 0 Å². The number of hydrogen-bond acceptors (Lipinski definition) is 3. The van der Waals surface area contributed by atoms with Crippen LogP contribution in [-0.4, -0.2) is 24.2 Å². The Balaban J connectivity index is 1.70. The fourth-order valence-corrected chi connectivity index (χ4v) is 3.58. The van der Waals surface area contributed by atoms with Gasteiger partial charge in [0, 0.05) is 6.54 Å². The summed E-state index contributed by atoms with van der Waals surface area (Å²) in [5.74, 6) is 3.57. The highest BCUT2D eigenvalue weighted by atomic mass is 32.2. The minimum absolute atomic E-state index is 0.441. The third-order valence-electron chi connectivity index (χ3n) is 3.54. The maximum absolute atomic E-state index is 6.09. The molecule has 0 unspecified atom stereocenters. The van der Waals surface area contributed by atoms with Gasteiger partial charge in [0.25, 0.3) is 0 Å². The standard InChI is InChI=1S/C14H19NOS/c1-2-14(16-13-4-7-17-8-5-13)9-11-3-6-15-10-12(1)11/h1-2,9,13,15H,3-8,10H2. The maximum atomic E-state index is 6.09. The van der Waals surface area contributed by atoms with Crippen LogP contribution < -0.4 is 10.1 Å². The van der Waals surface area contributed by atoms with E-state index in [0.29, 0.717) is 6.10 Å². The Kier molecular flexibility index (Phi) is 3.57. The van der Waals surface area contributed by atoms with E-state index in [1.165, 1.54) is 35.5 Å². The molecule has 0 bridgehead atoms. The first kappa shape index (κ1) is 11.4. The van der Waals surface area contributed by atoms with Crippen molar-refractivity contribution in [3.05, 3.63) is 29.3 Å². The molecule has 1 aromatic rings. The molecule has 92 valence electrons. The van der Waals surface area contributed by atoms with Crippen LogP contribution in [0, 0.1) is 0 Å². The second-order valence-corrected chi connectivity index (χ2v) is 6.01. The monoisotopic (exact) mass is 249 g/mol. The van der Waals surface area contributed by atoms with E-state index < -0.39 is 0 Å². The van der Waals surface area contributed by atoms with Gasteiger partial charge in [-0.15, -0.1) is 0 Å². The van der Waals surface area contributed by atoms with Crippen molar-refractivity contribution >= 4 is 11.8 Å². The lowest BCUT2D eigenvalue weighted by Crippen LogP contribution is -2.24. The van der Waals surface area contributed by atoms with Crippen LogP contribution in [0.15, 0.2) is 18.2 Å². The van der Waals surface area contributed by atoms with E-state index in [4.69, 9.17) is 4.74 Å². The zero-order valence-corrected chi connectivity index (χ0v) is 10.9. The SMILES string of the molecule is c1cc2c(cc1OC1CCSCC1)CCNC2. The van der Waals surface area contributed by atoms with Crippen molar-refractivity contribution in [3.63, 3.8) is 0 Å². The molecule has 0 spiro atoms. The molecule has 0 atom stereocenters. The molecule has 0 radical (unpaired) electrons. The molecule has 3 rings (SSSR count). The number of thioether (sulfide) groups is 1. The van der Waals surface area contributed by atoms with Gasteiger partial charge in [0.2, 0.25) is 0 Å². The van der Waals surface area contributed by atoms with Crippen LogP contribution in [0.25, 0.3) is 0 Å². The Morgan fingerprint density at radius 3 is 2.94 bits per heavy atom. The van der Waals surface area contributed by atoms with Crippen molar-refractivity contribution in [2.24, 2.45) is 0 Å². The molecular weight excluding hydrogens is 230 g/mol. The van der Waals surface area contributed by atoms with Crippen LogP contribution in [0.2, 0.25) is 0 Å². The predicted octanol–water partition coefficient (Wildman–Crippen LogP) is 2.61. The van der Waals surface area contributed by atoms with Crippen LogP contribution >= 0.6 is 11.8 Å². The highest BCUT2D eigenvalue weighted by Gasteiger charge is 2.16. The van der Waals surface area contributed by atoms with Crippen molar-refractivity contribution < 1.29 is 4.74 Å². The number of rotatable bonds is 2. The first-order valence-electron chi connectivity index (χ1n) is 6.49. The van der Waals surface area contributed by atoms with Crippen LogP contribution in [0.3, 0.4) is 0 Å². The number of hydrogen-bond donors (Lipinski definition) is 1. The van der Waals surface area contributed by atoms with Gasteiger partial charge in [0.1, 0.15) is 11.9 Å². The highest BCUT2D eigenvalue weighted by Crippen LogP contribution is 2.25. The minimum atomic E-state index is 0.441. The van der Waals surface area contributed by atoms with E-state index in [2.05, 4.69) is 23.5 Å². The maximum Gasteiger partial charge on any atom is 0.120 e. The van der Waals surface area contributed by atoms with Crippen molar-refractivity contribution in [3.8, 4) is 5.75 Å². The van der Waals surface area contributed by atoms with Gasteiger partial charge in [-0.2, -0.15) is 11.8 Å². The first-order valence-corrected chi connectivity index (χ1v) is 7.64. The number of nitrogens with one attached hydrogen (secondary N) is 1. The lowest BCUT2D eigenvalue weighted by atomic mass is 10.0. The summed E-state index contributed by atoms with van der Waals surface area (Å²) in [5, 5.41) is 3.40. The largest absolute Gasteiger partial charge is 0.490 e. The molecule has 0 aliphatic carbocycles. The van der Waals surface area contributed by atoms with Gasteiger partial charge in [0.15, 0.2) is 0 Å². The van der Waals surface area contributed by atoms with E-state index in [-0.39, 0.29) is 0 Å². The Morgan fingerprint density at radius 1 is 1.18 bits per heavy atom. The summed E-state index contributed by atoms with van der Waals surface area (Å²) in [4.78, 5) is 0. The molecule has 1 aromatic carbocycles. The zero-order chi connectivity index (χ0) is 11.5. The molecule has 1 fully saturated rings. The molecule has 2 heterocycles. The third-order valence-corrected chi connectivity index (χ3v) is 4.58. The van der Waals surface area contributed by atoms with E-state index in [1.54, 1.807) is 0 Å². The summed E-state index contributed by atoms with van der Waals surface area (Å²) < 4.78 is 6.09. The smallest absolute Gasteiger partial charge is 0.120 e. The Hall–Kier alpha value is -0.670. The normalized spacial score (nSPS) is 20.9. The number of ether oxygens (including phenoxy) is 1. The molecule has 2 nitrogen and oxygen atoms in total. The average molecular weight is 249 g/mol. The Labute approximate surface area is 107 Å². The fraction of sp³-hybridized carbons (Fsp3) is 0.571. The summed E-state index contributed by atoms with van der Waals surface area (Å²) in [7, 11) is 0. The lowest BCUT2D eigenvalue weighted by Gasteiger charge is -2.24. The first-order chi connectivity index (χ1) is 8.42. The minimum Gasteiger partial charge on any atom is -0.490 e. The van der Waals surface area contributed by atoms with Crippen molar-refractivity contribution in [2.45, 2.75) is 31.9 Å². The fourth-order valence-electron chi connectivity index (χ4n) is 2.51. The molecule has 17 heavy (non-hydrogen) atoms. The van der Waals surface area contributed by atoms with Gasteiger partial charge in [-0.05, 0) is 60.6 Å². The van der Waals surface area contributed by atoms with Gasteiger partial charge in [-0.1, -0.05) is 6.07 Å². The second-order valence-electron chi connectivity index (χ2n) is 4.79. The highest BCUT2D eigenvalue weighted by molar-refractivity contribution is 7.99. The molecular formula is C14H19NOS. The van der Waals surface area contributed by atoms with Crippen molar-refractivity contribution in [1.29, 1.82) is 0 Å². The number of fused-ring (bicyclic) bond motifs is 1. The second kappa shape index (κ2) is 5.32. The van der Waals surface area contributed by atoms with E-state index in [0.717, 1.165) is 25.3 Å². The van der Waals surface area contributed by atoms with Gasteiger partial charge in [-0.3, -0.25) is 0 Å². The summed E-state index contributed by atoms with van der Waals surface area (Å²) in [6.07, 6.45) is 3.97. The van der Waals surface area contributed by atoms with E-state index in [9.17, 15) is 0 Å². The Morgan fingerprint density at radius 2 is 2.06 bits per heavy atom. The summed E-state index contributed by atoms with van der Waals surface area (Å²) >= 11 is 2.04. The molecule has 0 saturated carbocycles. The lowest BCUT2D eigenvalue weighted by molar-refractivity contribution is 0.192. The molecule has 2 aliphatic rings. The van der Waals surface area contributed by atoms with Gasteiger partial charge < -0.3 is 10.1 Å². The zero-order valence-electron chi connectivity index (χ0n) is 10.1. The van der Waals surface area contributed by atoms with Crippen LogP contribution in [0.5, 0.6) is 5.75 Å². The van der Waals surface area contributed by atoms with E-state index in [1.807, 2.05) is 11.8 Å². The van der Waals surface area contributed by atoms with Gasteiger partial charge >= 0.3 is 0 Å². The van der Waals surface area contributed by atoms with E-state index >= 15 is 0 Å². The summed E-state index contributed by atoms with van der Waals surface area (Å²) in [6, 6.07) is 6.60. The average Bonchev–Trinajstić information content (AvgIpc) is 2.40. The van der Waals surface area contributed by atoms with Crippen LogP contribution in [-0.2, 0) is 13.0 Å². The Bertz CT molecular complexity index is 388. The molecule has 1 saturated heterocycles. The van der Waals surface area contributed by atoms with Crippen molar-refractivity contribution in [1.82, 2.24) is 5.32 Å². The van der Waals surface area contributed by atoms with Gasteiger partial charge in [0.05, 0.1) is 0 Å². The van der Waals surface area contributed by atoms with Crippen LogP contribution in [0.1, 0.15) is 24.0 Å². The molecule has 3 heteroatoms. The molecule has 0 amide bonds. The van der Waals surface area contributed by atoms with Crippen molar-refractivity contribution in [2.75, 3.05) is 18.1 Å². The topological polar surface area (TPSA) is 21.3 Å². The molecule has 2 aliphatic heterocycles. The van der Waals surface area contributed by atoms with Gasteiger partial charge in [-0.25, -0.2) is 0 Å². The number of benzene rings is 1. The summed E-state index contributed by atoms with van der Waals surface area (Å²) in [6.45, 7) is 2.10. The quantitative estimate of drug-likeness (QED) is 0.870.